The highest BCUT2D eigenvalue weighted by molar-refractivity contribution is 8.05. The molecule has 0 rings (SSSR count). The van der Waals surface area contributed by atoms with E-state index in [2.05, 4.69) is 12.2 Å². The van der Waals surface area contributed by atoms with E-state index in [0.29, 0.717) is 0 Å². The predicted octanol–water partition coefficient (Wildman–Crippen LogP) is 1.01. The molecule has 1 unspecified atom stereocenters. The third-order valence-electron chi connectivity index (χ3n) is 1.45. The van der Waals surface area contributed by atoms with Crippen molar-refractivity contribution in [2.24, 2.45) is 0 Å². The summed E-state index contributed by atoms with van der Waals surface area (Å²) in [6, 6.07) is -0.633. The second-order valence-corrected chi connectivity index (χ2v) is 5.74. The highest BCUT2D eigenvalue weighted by atomic mass is 32.2. The number of alkyl carbamates (subject to hydrolysis) is 1. The molecule has 5 nitrogen and oxygen atoms in total. The van der Waals surface area contributed by atoms with Gasteiger partial charge in [-0.2, -0.15) is 0 Å². The smallest absolute Gasteiger partial charge is 0.407 e. The van der Waals surface area contributed by atoms with Gasteiger partial charge in [-0.25, -0.2) is 9.59 Å². The van der Waals surface area contributed by atoms with Crippen molar-refractivity contribution in [1.82, 2.24) is 5.32 Å². The molecule has 0 saturated heterocycles. The largest absolute Gasteiger partial charge is 0.609 e. The van der Waals surface area contributed by atoms with Crippen LogP contribution in [0.2, 0.25) is 0 Å². The van der Waals surface area contributed by atoms with E-state index in [-0.39, 0.29) is 6.42 Å². The van der Waals surface area contributed by atoms with Crippen molar-refractivity contribution in [3.8, 4) is 0 Å². The molecule has 2 atom stereocenters. The lowest BCUT2D eigenvalue weighted by Gasteiger charge is -2.21. The lowest BCUT2D eigenvalue weighted by atomic mass is 10.2. The average molecular weight is 248 g/mol. The molecule has 0 aromatic heterocycles. The van der Waals surface area contributed by atoms with Crippen LogP contribution in [0.25, 0.3) is 0 Å². The SMILES string of the molecule is [CH2][C@@H](CC(=O)[S+](C)[O-])NC(=O)OC(C)(C)C. The second kappa shape index (κ2) is 6.10. The van der Waals surface area contributed by atoms with Crippen molar-refractivity contribution in [3.05, 3.63) is 6.92 Å². The number of hydrogen-bond donors (Lipinski definition) is 1. The Balaban J connectivity index is 4.01. The fourth-order valence-electron chi connectivity index (χ4n) is 0.844. The number of ether oxygens (including phenoxy) is 1. The minimum atomic E-state index is -1.54. The van der Waals surface area contributed by atoms with Crippen molar-refractivity contribution in [1.29, 1.82) is 0 Å². The van der Waals surface area contributed by atoms with Crippen molar-refractivity contribution < 1.29 is 18.9 Å². The molecule has 1 amide bonds. The fraction of sp³-hybridized carbons (Fsp3) is 0.700. The van der Waals surface area contributed by atoms with Crippen molar-refractivity contribution in [2.75, 3.05) is 6.26 Å². The Morgan fingerprint density at radius 3 is 2.38 bits per heavy atom. The summed E-state index contributed by atoms with van der Waals surface area (Å²) < 4.78 is 15.8. The van der Waals surface area contributed by atoms with Crippen molar-refractivity contribution >= 4 is 22.4 Å². The summed E-state index contributed by atoms with van der Waals surface area (Å²) in [5, 5.41) is 1.95. The summed E-state index contributed by atoms with van der Waals surface area (Å²) in [6.07, 6.45) is 0.590. The minimum Gasteiger partial charge on any atom is -0.609 e. The summed E-state index contributed by atoms with van der Waals surface area (Å²) in [6.45, 7) is 8.76. The zero-order chi connectivity index (χ0) is 12.9. The maximum absolute atomic E-state index is 11.3. The molecule has 0 aliphatic carbocycles. The first-order valence-electron chi connectivity index (χ1n) is 4.80. The molecule has 0 spiro atoms. The molecule has 0 aliphatic heterocycles. The molecule has 16 heavy (non-hydrogen) atoms. The van der Waals surface area contributed by atoms with Gasteiger partial charge in [0.1, 0.15) is 11.9 Å². The van der Waals surface area contributed by atoms with E-state index in [4.69, 9.17) is 4.74 Å². The number of nitrogens with one attached hydrogen (secondary N) is 1. The second-order valence-electron chi connectivity index (χ2n) is 4.37. The summed E-state index contributed by atoms with van der Waals surface area (Å²) in [5.41, 5.74) is -0.596. The number of carbonyl (C=O) groups is 2. The van der Waals surface area contributed by atoms with Crippen LogP contribution in [-0.4, -0.2) is 33.7 Å². The van der Waals surface area contributed by atoms with Gasteiger partial charge in [0.2, 0.25) is 0 Å². The Hall–Kier alpha value is -0.750. The van der Waals surface area contributed by atoms with Crippen LogP contribution in [0.1, 0.15) is 27.2 Å². The Bertz CT molecular complexity index is 260. The normalized spacial score (nSPS) is 15.1. The fourth-order valence-corrected chi connectivity index (χ4v) is 1.28. The van der Waals surface area contributed by atoms with Gasteiger partial charge in [-0.3, -0.25) is 0 Å². The molecule has 0 heterocycles. The average Bonchev–Trinajstić information content (AvgIpc) is 1.98. The Kier molecular flexibility index (Phi) is 5.81. The molecule has 0 aliphatic rings. The van der Waals surface area contributed by atoms with E-state index in [9.17, 15) is 14.1 Å². The number of hydrogen-bond acceptors (Lipinski definition) is 4. The van der Waals surface area contributed by atoms with E-state index in [1.165, 1.54) is 6.26 Å². The van der Waals surface area contributed by atoms with Gasteiger partial charge in [0.05, 0.1) is 6.42 Å². The van der Waals surface area contributed by atoms with Gasteiger partial charge < -0.3 is 14.6 Å². The Labute approximate surface area is 99.1 Å². The third kappa shape index (κ3) is 7.53. The molecule has 6 heteroatoms. The summed E-state index contributed by atoms with van der Waals surface area (Å²) in [4.78, 5) is 22.3. The third-order valence-corrected chi connectivity index (χ3v) is 2.26. The van der Waals surface area contributed by atoms with E-state index in [1.54, 1.807) is 20.8 Å². The van der Waals surface area contributed by atoms with Gasteiger partial charge in [-0.1, -0.05) is 0 Å². The van der Waals surface area contributed by atoms with Gasteiger partial charge in [-0.05, 0) is 27.7 Å². The minimum absolute atomic E-state index is 0.0671. The van der Waals surface area contributed by atoms with E-state index in [1.807, 2.05) is 0 Å². The molecule has 93 valence electrons. The van der Waals surface area contributed by atoms with Crippen molar-refractivity contribution in [3.63, 3.8) is 0 Å². The van der Waals surface area contributed by atoms with Crippen LogP contribution in [-0.2, 0) is 20.7 Å². The van der Waals surface area contributed by atoms with Crippen molar-refractivity contribution in [2.45, 2.75) is 38.8 Å². The summed E-state index contributed by atoms with van der Waals surface area (Å²) >= 11 is -1.54. The number of carbonyl (C=O) groups excluding carboxylic acids is 2. The highest BCUT2D eigenvalue weighted by Crippen LogP contribution is 2.07. The van der Waals surface area contributed by atoms with Crippen LogP contribution >= 0.6 is 0 Å². The number of rotatable bonds is 3. The first kappa shape index (κ1) is 15.2. The van der Waals surface area contributed by atoms with E-state index in [0.717, 1.165) is 0 Å². The maximum atomic E-state index is 11.3. The van der Waals surface area contributed by atoms with Crippen LogP contribution < -0.4 is 5.32 Å². The Morgan fingerprint density at radius 2 is 2.00 bits per heavy atom. The standard InChI is InChI=1S/C10H18NO4S/c1-7(6-8(12)16(5)14)11-9(13)15-10(2,3)4/h7H,1,6H2,2-5H3,(H,11,13)/t7-,16?/m0/s1. The zero-order valence-corrected chi connectivity index (χ0v) is 10.8. The molecule has 1 N–H and O–H groups in total. The maximum Gasteiger partial charge on any atom is 0.407 e. The lowest BCUT2D eigenvalue weighted by Crippen LogP contribution is -2.39. The molecule has 0 saturated carbocycles. The van der Waals surface area contributed by atoms with Crippen LogP contribution in [0, 0.1) is 6.92 Å². The van der Waals surface area contributed by atoms with E-state index >= 15 is 0 Å². The monoisotopic (exact) mass is 248 g/mol. The van der Waals surface area contributed by atoms with Crippen LogP contribution in [0.15, 0.2) is 0 Å². The first-order chi connectivity index (χ1) is 7.11. The molecular formula is C10H18NO4S. The molecule has 0 bridgehead atoms. The predicted molar refractivity (Wildman–Crippen MR) is 62.2 cm³/mol. The van der Waals surface area contributed by atoms with Gasteiger partial charge in [0.25, 0.3) is 0 Å². The van der Waals surface area contributed by atoms with Crippen LogP contribution in [0.4, 0.5) is 4.79 Å². The van der Waals surface area contributed by atoms with E-state index < -0.39 is 34.0 Å². The molecule has 0 fully saturated rings. The molecule has 0 aromatic carbocycles. The van der Waals surface area contributed by atoms with Gasteiger partial charge in [0, 0.05) is 17.2 Å². The zero-order valence-electron chi connectivity index (χ0n) is 10.0. The van der Waals surface area contributed by atoms with Crippen LogP contribution in [0.5, 0.6) is 0 Å². The summed E-state index contributed by atoms with van der Waals surface area (Å²) in [5.74, 6) is 0. The summed E-state index contributed by atoms with van der Waals surface area (Å²) in [7, 11) is 0. The Morgan fingerprint density at radius 1 is 1.50 bits per heavy atom. The number of amides is 1. The molecular weight excluding hydrogens is 230 g/mol. The lowest BCUT2D eigenvalue weighted by molar-refractivity contribution is -0.111. The van der Waals surface area contributed by atoms with Crippen LogP contribution in [0.3, 0.4) is 0 Å². The van der Waals surface area contributed by atoms with Gasteiger partial charge in [-0.15, -0.1) is 0 Å². The highest BCUT2D eigenvalue weighted by Gasteiger charge is 2.21. The molecule has 1 radical (unpaired) electrons. The van der Waals surface area contributed by atoms with Gasteiger partial charge in [0.15, 0.2) is 0 Å². The quantitative estimate of drug-likeness (QED) is 0.756. The topological polar surface area (TPSA) is 78.5 Å². The van der Waals surface area contributed by atoms with Gasteiger partial charge >= 0.3 is 11.2 Å². The molecule has 0 aromatic rings. The first-order valence-corrected chi connectivity index (χ1v) is 6.36.